The van der Waals surface area contributed by atoms with Crippen molar-refractivity contribution in [2.45, 2.75) is 25.1 Å². The van der Waals surface area contributed by atoms with Crippen LogP contribution in [0.25, 0.3) is 0 Å². The maximum Gasteiger partial charge on any atom is 0.273 e. The molecule has 0 aromatic heterocycles. The number of aliphatic hydroxyl groups is 1. The van der Waals surface area contributed by atoms with Crippen molar-refractivity contribution in [3.05, 3.63) is 47.5 Å². The first kappa shape index (κ1) is 22.5. The second-order valence-corrected chi connectivity index (χ2v) is 8.46. The monoisotopic (exact) mass is 420 g/mol. The highest BCUT2D eigenvalue weighted by atomic mass is 28.3. The highest BCUT2D eigenvalue weighted by molar-refractivity contribution is 6.40. The fourth-order valence-corrected chi connectivity index (χ4v) is 3.18. The zero-order valence-corrected chi connectivity index (χ0v) is 17.0. The van der Waals surface area contributed by atoms with Gasteiger partial charge >= 0.3 is 0 Å². The number of aliphatic hydroxyl groups excluding tert-OH is 1. The SMILES string of the molecule is C[Si](=O)CCCOCC(O)COc1ccc(C(=O)c2ccc(O)cc2O)c(O)c1. The Morgan fingerprint density at radius 2 is 1.69 bits per heavy atom. The van der Waals surface area contributed by atoms with Crippen molar-refractivity contribution < 1.29 is 39.2 Å². The topological polar surface area (TPSA) is 134 Å². The highest BCUT2D eigenvalue weighted by Crippen LogP contribution is 2.30. The Hall–Kier alpha value is -2.75. The van der Waals surface area contributed by atoms with Crippen LogP contribution >= 0.6 is 0 Å². The van der Waals surface area contributed by atoms with Crippen LogP contribution in [0.4, 0.5) is 0 Å². The molecule has 4 N–H and O–H groups in total. The van der Waals surface area contributed by atoms with Crippen molar-refractivity contribution in [2.24, 2.45) is 0 Å². The van der Waals surface area contributed by atoms with Crippen molar-refractivity contribution >= 4 is 14.5 Å². The highest BCUT2D eigenvalue weighted by Gasteiger charge is 2.18. The molecule has 1 atom stereocenters. The molecule has 0 saturated carbocycles. The summed E-state index contributed by atoms with van der Waals surface area (Å²) in [5, 5.41) is 39.1. The van der Waals surface area contributed by atoms with Crippen LogP contribution in [0.3, 0.4) is 0 Å². The fraction of sp³-hybridized carbons (Fsp3) is 0.350. The summed E-state index contributed by atoms with van der Waals surface area (Å²) in [5.74, 6) is -1.30. The van der Waals surface area contributed by atoms with Crippen LogP contribution < -0.4 is 4.74 Å². The number of phenols is 3. The summed E-state index contributed by atoms with van der Waals surface area (Å²) in [4.78, 5) is 12.5. The molecular formula is C20H24O8Si. The molecule has 0 heterocycles. The van der Waals surface area contributed by atoms with Gasteiger partial charge in [0, 0.05) is 18.7 Å². The van der Waals surface area contributed by atoms with Crippen LogP contribution in [0.2, 0.25) is 12.6 Å². The quantitative estimate of drug-likeness (QED) is 0.247. The molecule has 0 saturated heterocycles. The molecule has 0 spiro atoms. The van der Waals surface area contributed by atoms with Gasteiger partial charge in [0.15, 0.2) is 5.78 Å². The number of ketones is 1. The van der Waals surface area contributed by atoms with Gasteiger partial charge in [0.05, 0.1) is 17.7 Å². The third-order valence-electron chi connectivity index (χ3n) is 4.01. The van der Waals surface area contributed by atoms with Crippen LogP contribution in [0.5, 0.6) is 23.0 Å². The first-order valence-corrected chi connectivity index (χ1v) is 11.2. The lowest BCUT2D eigenvalue weighted by molar-refractivity contribution is 0.0122. The van der Waals surface area contributed by atoms with E-state index in [2.05, 4.69) is 0 Å². The molecule has 8 nitrogen and oxygen atoms in total. The molecule has 9 heteroatoms. The maximum atomic E-state index is 12.5. The largest absolute Gasteiger partial charge is 0.508 e. The maximum absolute atomic E-state index is 12.5. The minimum Gasteiger partial charge on any atom is -0.508 e. The van der Waals surface area contributed by atoms with Gasteiger partial charge in [0.25, 0.3) is 8.68 Å². The van der Waals surface area contributed by atoms with Crippen molar-refractivity contribution in [3.8, 4) is 23.0 Å². The van der Waals surface area contributed by atoms with Gasteiger partial charge in [-0.3, -0.25) is 4.79 Å². The van der Waals surface area contributed by atoms with Crippen molar-refractivity contribution in [3.63, 3.8) is 0 Å². The minimum absolute atomic E-state index is 0.0440. The molecule has 0 aliphatic heterocycles. The summed E-state index contributed by atoms with van der Waals surface area (Å²) in [6.45, 7) is 2.08. The van der Waals surface area contributed by atoms with Crippen molar-refractivity contribution in [1.82, 2.24) is 0 Å². The van der Waals surface area contributed by atoms with Crippen molar-refractivity contribution in [1.29, 1.82) is 0 Å². The predicted octanol–water partition coefficient (Wildman–Crippen LogP) is 2.23. The van der Waals surface area contributed by atoms with E-state index in [1.807, 2.05) is 0 Å². The third-order valence-corrected chi connectivity index (χ3v) is 5.07. The van der Waals surface area contributed by atoms with E-state index in [-0.39, 0.29) is 41.6 Å². The summed E-state index contributed by atoms with van der Waals surface area (Å²) < 4.78 is 21.7. The van der Waals surface area contributed by atoms with E-state index in [1.54, 1.807) is 6.55 Å². The van der Waals surface area contributed by atoms with E-state index in [1.165, 1.54) is 30.3 Å². The Kier molecular flexibility index (Phi) is 8.31. The molecule has 0 aliphatic rings. The summed E-state index contributed by atoms with van der Waals surface area (Å²) in [6.07, 6.45) is -0.215. The standard InChI is InChI=1S/C20H24O8Si/c1-29(26)8-2-7-27-11-14(22)12-28-15-4-6-17(19(24)10-15)20(25)16-5-3-13(21)9-18(16)23/h3-6,9-10,14,21-24H,2,7-8,11-12H2,1H3. The summed E-state index contributed by atoms with van der Waals surface area (Å²) >= 11 is 0. The van der Waals surface area contributed by atoms with Gasteiger partial charge < -0.3 is 34.4 Å². The number of aromatic hydroxyl groups is 3. The van der Waals surface area contributed by atoms with Crippen LogP contribution in [0, 0.1) is 0 Å². The summed E-state index contributed by atoms with van der Waals surface area (Å²) in [5.41, 5.74) is -0.106. The molecule has 2 rings (SSSR count). The van der Waals surface area contributed by atoms with Gasteiger partial charge in [0.2, 0.25) is 0 Å². The Balaban J connectivity index is 1.89. The zero-order valence-electron chi connectivity index (χ0n) is 16.0. The van der Waals surface area contributed by atoms with Crippen molar-refractivity contribution in [2.75, 3.05) is 19.8 Å². The number of ether oxygens (including phenoxy) is 2. The van der Waals surface area contributed by atoms with Gasteiger partial charge in [-0.05, 0) is 43.3 Å². The molecule has 29 heavy (non-hydrogen) atoms. The normalized spacial score (nSPS) is 11.8. The Labute approximate surface area is 169 Å². The average molecular weight is 420 g/mol. The zero-order chi connectivity index (χ0) is 21.4. The Bertz CT molecular complexity index is 868. The van der Waals surface area contributed by atoms with E-state index in [0.29, 0.717) is 19.1 Å². The molecule has 0 fully saturated rings. The van der Waals surface area contributed by atoms with Gasteiger partial charge in [-0.15, -0.1) is 0 Å². The molecule has 0 radical (unpaired) electrons. The lowest BCUT2D eigenvalue weighted by atomic mass is 10.0. The third kappa shape index (κ3) is 6.97. The molecule has 0 aliphatic carbocycles. The van der Waals surface area contributed by atoms with E-state index in [0.717, 1.165) is 6.07 Å². The first-order chi connectivity index (χ1) is 13.8. The molecule has 2 aromatic rings. The first-order valence-electron chi connectivity index (χ1n) is 9.05. The number of carbonyl (C=O) groups excluding carboxylic acids is 1. The second-order valence-electron chi connectivity index (χ2n) is 6.55. The van der Waals surface area contributed by atoms with Crippen LogP contribution in [0.15, 0.2) is 36.4 Å². The summed E-state index contributed by atoms with van der Waals surface area (Å²) in [7, 11) is -1.51. The van der Waals surface area contributed by atoms with Gasteiger partial charge in [-0.25, -0.2) is 0 Å². The summed E-state index contributed by atoms with van der Waals surface area (Å²) in [6, 6.07) is 8.20. The molecule has 2 aromatic carbocycles. The van der Waals surface area contributed by atoms with Crippen LogP contribution in [0.1, 0.15) is 22.3 Å². The minimum atomic E-state index is -1.51. The predicted molar refractivity (Wildman–Crippen MR) is 105 cm³/mol. The molecular weight excluding hydrogens is 396 g/mol. The molecule has 156 valence electrons. The van der Waals surface area contributed by atoms with Gasteiger partial charge in [-0.1, -0.05) is 0 Å². The smallest absolute Gasteiger partial charge is 0.273 e. The second kappa shape index (κ2) is 10.7. The number of rotatable bonds is 11. The molecule has 0 bridgehead atoms. The fourth-order valence-electron chi connectivity index (χ4n) is 2.53. The van der Waals surface area contributed by atoms with Crippen LogP contribution in [-0.2, 0) is 9.20 Å². The van der Waals surface area contributed by atoms with Gasteiger partial charge in [-0.2, -0.15) is 0 Å². The Morgan fingerprint density at radius 1 is 1.03 bits per heavy atom. The molecule has 0 amide bonds. The number of hydrogen-bond donors (Lipinski definition) is 4. The lowest BCUT2D eigenvalue weighted by Crippen LogP contribution is -2.23. The average Bonchev–Trinajstić information content (AvgIpc) is 2.65. The molecule has 1 unspecified atom stereocenters. The Morgan fingerprint density at radius 3 is 2.31 bits per heavy atom. The number of hydrogen-bond acceptors (Lipinski definition) is 8. The number of carbonyl (C=O) groups is 1. The van der Waals surface area contributed by atoms with E-state index in [9.17, 15) is 29.7 Å². The number of phenolic OH excluding ortho intramolecular Hbond substituents is 3. The van der Waals surface area contributed by atoms with Crippen LogP contribution in [-0.4, -0.2) is 60.8 Å². The van der Waals surface area contributed by atoms with E-state index >= 15 is 0 Å². The lowest BCUT2D eigenvalue weighted by Gasteiger charge is -2.13. The van der Waals surface area contributed by atoms with E-state index < -0.39 is 26.3 Å². The van der Waals surface area contributed by atoms with Gasteiger partial charge in [0.1, 0.15) is 35.7 Å². The van der Waals surface area contributed by atoms with E-state index in [4.69, 9.17) is 9.47 Å². The number of benzene rings is 2.